The third-order valence-electron chi connectivity index (χ3n) is 3.31. The largest absolute Gasteiger partial charge is 0.485 e. The third-order valence-corrected chi connectivity index (χ3v) is 4.07. The van der Waals surface area contributed by atoms with Crippen molar-refractivity contribution in [2.45, 2.75) is 12.3 Å². The number of hydrogen-bond donors (Lipinski definition) is 1. The molecule has 1 aromatic carbocycles. The van der Waals surface area contributed by atoms with Gasteiger partial charge in [-0.25, -0.2) is 9.37 Å². The smallest absolute Gasteiger partial charge is 0.416 e. The molecule has 0 saturated carbocycles. The number of alkyl halides is 3. The predicted octanol–water partition coefficient (Wildman–Crippen LogP) is 3.43. The van der Waals surface area contributed by atoms with E-state index in [4.69, 9.17) is 20.5 Å². The Labute approximate surface area is 162 Å². The highest BCUT2D eigenvalue weighted by molar-refractivity contribution is 7.86. The van der Waals surface area contributed by atoms with Crippen LogP contribution in [0.15, 0.2) is 24.4 Å². The van der Waals surface area contributed by atoms with Crippen molar-refractivity contribution in [1.82, 2.24) is 9.97 Å². The first-order chi connectivity index (χ1) is 12.9. The van der Waals surface area contributed by atoms with E-state index in [0.29, 0.717) is 24.5 Å². The summed E-state index contributed by atoms with van der Waals surface area (Å²) in [6.07, 6.45) is -4.88. The van der Waals surface area contributed by atoms with Crippen LogP contribution in [0.4, 0.5) is 23.4 Å². The molecule has 1 heterocycles. The van der Waals surface area contributed by atoms with E-state index in [-0.39, 0.29) is 16.9 Å². The topological polar surface area (TPSA) is 90.4 Å². The van der Waals surface area contributed by atoms with E-state index in [1.807, 2.05) is 0 Å². The van der Waals surface area contributed by atoms with Crippen LogP contribution in [0.5, 0.6) is 5.75 Å². The van der Waals surface area contributed by atoms with E-state index in [1.54, 1.807) is 0 Å². The van der Waals surface area contributed by atoms with Gasteiger partial charge in [0.15, 0.2) is 11.6 Å². The van der Waals surface area contributed by atoms with Crippen molar-refractivity contribution in [3.05, 3.63) is 46.6 Å². The van der Waals surface area contributed by atoms with Crippen LogP contribution < -0.4 is 10.1 Å². The molecule has 0 fully saturated rings. The average Bonchev–Trinajstić information content (AvgIpc) is 2.57. The number of nitrogens with one attached hydrogen (secondary N) is 1. The monoisotopic (exact) mass is 443 g/mol. The number of anilines is 1. The first-order valence-electron chi connectivity index (χ1n) is 7.48. The Morgan fingerprint density at radius 3 is 2.57 bits per heavy atom. The van der Waals surface area contributed by atoms with Gasteiger partial charge in [0.2, 0.25) is 5.28 Å². The standard InChI is InChI=1S/C15H14ClF4N3O4S/c1-21-13-11(6-22-14(16)23-13)26-7-12(27-28(2,24)25)9-5-8(17)3-4-10(9)15(18,19)20/h3-6,12H,7H2,1-2H3,(H,21,22,23). The molecule has 28 heavy (non-hydrogen) atoms. The Hall–Kier alpha value is -2.18. The van der Waals surface area contributed by atoms with Crippen LogP contribution in [-0.4, -0.2) is 38.3 Å². The number of aromatic nitrogens is 2. The molecule has 2 aromatic rings. The molecule has 0 amide bonds. The van der Waals surface area contributed by atoms with Gasteiger partial charge in [-0.2, -0.15) is 26.6 Å². The van der Waals surface area contributed by atoms with Gasteiger partial charge < -0.3 is 10.1 Å². The van der Waals surface area contributed by atoms with Crippen molar-refractivity contribution in [3.63, 3.8) is 0 Å². The summed E-state index contributed by atoms with van der Waals surface area (Å²) in [5, 5.41) is 2.51. The van der Waals surface area contributed by atoms with Crippen molar-refractivity contribution in [3.8, 4) is 5.75 Å². The van der Waals surface area contributed by atoms with E-state index >= 15 is 0 Å². The van der Waals surface area contributed by atoms with Gasteiger partial charge in [-0.3, -0.25) is 4.18 Å². The number of benzene rings is 1. The lowest BCUT2D eigenvalue weighted by atomic mass is 10.0. The molecular formula is C15H14ClF4N3O4S. The highest BCUT2D eigenvalue weighted by Crippen LogP contribution is 2.37. The SMILES string of the molecule is CNc1nc(Cl)ncc1OCC(OS(C)(=O)=O)c1cc(F)ccc1C(F)(F)F. The lowest BCUT2D eigenvalue weighted by Gasteiger charge is -2.22. The van der Waals surface area contributed by atoms with Crippen LogP contribution in [0.2, 0.25) is 5.28 Å². The maximum absolute atomic E-state index is 13.6. The zero-order valence-electron chi connectivity index (χ0n) is 14.4. The minimum absolute atomic E-state index is 0.0287. The second kappa shape index (κ2) is 8.45. The van der Waals surface area contributed by atoms with Crippen LogP contribution in [0.25, 0.3) is 0 Å². The normalized spacial score (nSPS) is 13.2. The van der Waals surface area contributed by atoms with Crippen LogP contribution >= 0.6 is 11.6 Å². The number of ether oxygens (including phenoxy) is 1. The molecular weight excluding hydrogens is 430 g/mol. The summed E-state index contributed by atoms with van der Waals surface area (Å²) < 4.78 is 86.6. The Morgan fingerprint density at radius 1 is 1.32 bits per heavy atom. The fraction of sp³-hybridized carbons (Fsp3) is 0.333. The van der Waals surface area contributed by atoms with Gasteiger partial charge in [-0.15, -0.1) is 0 Å². The number of halogens is 5. The molecule has 0 radical (unpaired) electrons. The molecule has 0 spiro atoms. The van der Waals surface area contributed by atoms with E-state index in [0.717, 1.165) is 6.20 Å². The summed E-state index contributed by atoms with van der Waals surface area (Å²) in [5.74, 6) is -0.928. The van der Waals surface area contributed by atoms with Crippen LogP contribution in [-0.2, 0) is 20.5 Å². The molecule has 1 atom stereocenters. The first-order valence-corrected chi connectivity index (χ1v) is 9.68. The molecule has 0 saturated heterocycles. The molecule has 1 N–H and O–H groups in total. The van der Waals surface area contributed by atoms with E-state index < -0.39 is 45.9 Å². The fourth-order valence-electron chi connectivity index (χ4n) is 2.24. The van der Waals surface area contributed by atoms with Crippen molar-refractivity contribution in [1.29, 1.82) is 0 Å². The van der Waals surface area contributed by atoms with Gasteiger partial charge in [-0.1, -0.05) is 0 Å². The summed E-state index contributed by atoms with van der Waals surface area (Å²) in [6.45, 7) is -0.709. The predicted molar refractivity (Wildman–Crippen MR) is 92.2 cm³/mol. The Balaban J connectivity index is 2.43. The Morgan fingerprint density at radius 2 is 2.00 bits per heavy atom. The van der Waals surface area contributed by atoms with Crippen molar-refractivity contribution in [2.24, 2.45) is 0 Å². The molecule has 7 nitrogen and oxygen atoms in total. The fourth-order valence-corrected chi connectivity index (χ4v) is 2.95. The third kappa shape index (κ3) is 5.91. The molecule has 0 aliphatic carbocycles. The molecule has 0 aliphatic heterocycles. The van der Waals surface area contributed by atoms with Crippen molar-refractivity contribution >= 4 is 27.5 Å². The van der Waals surface area contributed by atoms with E-state index in [9.17, 15) is 26.0 Å². The summed E-state index contributed by atoms with van der Waals surface area (Å²) in [4.78, 5) is 7.48. The van der Waals surface area contributed by atoms with Crippen LogP contribution in [0.1, 0.15) is 17.2 Å². The van der Waals surface area contributed by atoms with Crippen LogP contribution in [0.3, 0.4) is 0 Å². The zero-order valence-corrected chi connectivity index (χ0v) is 16.0. The maximum atomic E-state index is 13.6. The summed E-state index contributed by atoms with van der Waals surface area (Å²) in [7, 11) is -2.73. The maximum Gasteiger partial charge on any atom is 0.416 e. The van der Waals surface area contributed by atoms with Gasteiger partial charge in [0.1, 0.15) is 18.5 Å². The zero-order chi connectivity index (χ0) is 21.1. The van der Waals surface area contributed by atoms with E-state index in [1.165, 1.54) is 7.05 Å². The van der Waals surface area contributed by atoms with Gasteiger partial charge in [0.05, 0.1) is 18.0 Å². The van der Waals surface area contributed by atoms with Crippen molar-refractivity contribution < 1.29 is 34.9 Å². The lowest BCUT2D eigenvalue weighted by molar-refractivity contribution is -0.139. The van der Waals surface area contributed by atoms with Gasteiger partial charge >= 0.3 is 6.18 Å². The lowest BCUT2D eigenvalue weighted by Crippen LogP contribution is -2.22. The quantitative estimate of drug-likeness (QED) is 0.398. The minimum Gasteiger partial charge on any atom is -0.485 e. The van der Waals surface area contributed by atoms with Gasteiger partial charge in [0, 0.05) is 12.6 Å². The highest BCUT2D eigenvalue weighted by atomic mass is 35.5. The minimum atomic E-state index is -4.87. The average molecular weight is 444 g/mol. The molecule has 1 unspecified atom stereocenters. The number of nitrogens with zero attached hydrogens (tertiary/aromatic N) is 2. The van der Waals surface area contributed by atoms with E-state index in [2.05, 4.69) is 15.3 Å². The molecule has 0 bridgehead atoms. The summed E-state index contributed by atoms with van der Waals surface area (Å²) >= 11 is 5.64. The molecule has 1 aromatic heterocycles. The van der Waals surface area contributed by atoms with Gasteiger partial charge in [-0.05, 0) is 29.8 Å². The number of hydrogen-bond acceptors (Lipinski definition) is 7. The van der Waals surface area contributed by atoms with Crippen LogP contribution in [0, 0.1) is 5.82 Å². The summed E-state index contributed by atoms with van der Waals surface area (Å²) in [6, 6.07) is 1.64. The molecule has 13 heteroatoms. The molecule has 154 valence electrons. The Bertz CT molecular complexity index is 957. The first kappa shape index (κ1) is 22.1. The molecule has 2 rings (SSSR count). The van der Waals surface area contributed by atoms with Gasteiger partial charge in [0.25, 0.3) is 10.1 Å². The highest BCUT2D eigenvalue weighted by Gasteiger charge is 2.37. The Kier molecular flexibility index (Phi) is 6.67. The second-order valence-corrected chi connectivity index (χ2v) is 7.37. The molecule has 0 aliphatic rings. The second-order valence-electron chi connectivity index (χ2n) is 5.43. The van der Waals surface area contributed by atoms with Crippen molar-refractivity contribution in [2.75, 3.05) is 25.2 Å². The summed E-state index contributed by atoms with van der Waals surface area (Å²) in [5.41, 5.74) is -1.99. The number of rotatable bonds is 7.